The number of H-pyrrole nitrogens is 1. The summed E-state index contributed by atoms with van der Waals surface area (Å²) in [7, 11) is 0. The van der Waals surface area contributed by atoms with Crippen LogP contribution in [-0.4, -0.2) is 32.7 Å². The maximum atomic E-state index is 12.0. The lowest BCUT2D eigenvalue weighted by Crippen LogP contribution is -2.20. The summed E-state index contributed by atoms with van der Waals surface area (Å²) in [5, 5.41) is 4.66. The van der Waals surface area contributed by atoms with E-state index in [2.05, 4.69) is 20.0 Å². The molecule has 0 aliphatic carbocycles. The molecule has 0 bridgehead atoms. The number of fused-ring (bicyclic) bond motifs is 1. The van der Waals surface area contributed by atoms with E-state index in [1.54, 1.807) is 29.0 Å². The van der Waals surface area contributed by atoms with E-state index in [1.807, 2.05) is 12.1 Å². The van der Waals surface area contributed by atoms with Crippen molar-refractivity contribution < 1.29 is 0 Å². The summed E-state index contributed by atoms with van der Waals surface area (Å²) in [5.41, 5.74) is 1.91. The van der Waals surface area contributed by atoms with Gasteiger partial charge in [-0.05, 0) is 37.1 Å². The first-order valence-electron chi connectivity index (χ1n) is 7.11. The van der Waals surface area contributed by atoms with E-state index >= 15 is 0 Å². The molecule has 0 radical (unpaired) electrons. The topological polar surface area (TPSA) is 66.3 Å². The van der Waals surface area contributed by atoms with Crippen LogP contribution in [0.5, 0.6) is 0 Å². The molecule has 1 fully saturated rings. The van der Waals surface area contributed by atoms with Crippen LogP contribution < -0.4 is 10.5 Å². The Morgan fingerprint density at radius 3 is 2.81 bits per heavy atom. The zero-order chi connectivity index (χ0) is 14.2. The molecule has 1 aliphatic heterocycles. The standard InChI is InChI=1S/C15H15N5O/c21-15-11(4-3-7-16-15)12-10-17-13-5-6-14(18-20(12)13)19-8-1-2-9-19/h3-7,10H,1-2,8-9H2,(H,16,21). The van der Waals surface area contributed by atoms with Crippen LogP contribution in [0.25, 0.3) is 16.9 Å². The number of imidazole rings is 1. The highest BCUT2D eigenvalue weighted by Gasteiger charge is 2.16. The number of aromatic amines is 1. The highest BCUT2D eigenvalue weighted by atomic mass is 16.1. The summed E-state index contributed by atoms with van der Waals surface area (Å²) in [6.45, 7) is 2.07. The fourth-order valence-corrected chi connectivity index (χ4v) is 2.79. The predicted octanol–water partition coefficient (Wildman–Crippen LogP) is 1.68. The fourth-order valence-electron chi connectivity index (χ4n) is 2.79. The lowest BCUT2D eigenvalue weighted by atomic mass is 10.2. The fraction of sp³-hybridized carbons (Fsp3) is 0.267. The Morgan fingerprint density at radius 1 is 1.14 bits per heavy atom. The van der Waals surface area contributed by atoms with Crippen LogP contribution in [0.15, 0.2) is 41.5 Å². The van der Waals surface area contributed by atoms with Gasteiger partial charge in [-0.2, -0.15) is 0 Å². The number of hydrogen-bond donors (Lipinski definition) is 1. The molecule has 3 aromatic rings. The maximum Gasteiger partial charge on any atom is 0.257 e. The third-order valence-corrected chi connectivity index (χ3v) is 3.87. The van der Waals surface area contributed by atoms with Crippen molar-refractivity contribution in [1.82, 2.24) is 19.6 Å². The number of pyridine rings is 1. The van der Waals surface area contributed by atoms with Crippen LogP contribution in [0.2, 0.25) is 0 Å². The number of rotatable bonds is 2. The Hall–Kier alpha value is -2.63. The van der Waals surface area contributed by atoms with Crippen molar-refractivity contribution in [3.63, 3.8) is 0 Å². The molecule has 21 heavy (non-hydrogen) atoms. The van der Waals surface area contributed by atoms with E-state index in [9.17, 15) is 4.79 Å². The molecule has 0 atom stereocenters. The Bertz CT molecular complexity index is 844. The average Bonchev–Trinajstić information content (AvgIpc) is 3.17. The molecular formula is C15H15N5O. The highest BCUT2D eigenvalue weighted by Crippen LogP contribution is 2.21. The van der Waals surface area contributed by atoms with Gasteiger partial charge in [0.05, 0.1) is 17.5 Å². The second-order valence-electron chi connectivity index (χ2n) is 5.21. The second-order valence-corrected chi connectivity index (χ2v) is 5.21. The molecule has 1 N–H and O–H groups in total. The molecule has 0 aromatic carbocycles. The first-order valence-corrected chi connectivity index (χ1v) is 7.11. The zero-order valence-electron chi connectivity index (χ0n) is 11.5. The van der Waals surface area contributed by atoms with Crippen molar-refractivity contribution in [3.05, 3.63) is 47.0 Å². The van der Waals surface area contributed by atoms with Crippen LogP contribution in [0.1, 0.15) is 12.8 Å². The largest absolute Gasteiger partial charge is 0.355 e. The molecule has 1 aliphatic rings. The Balaban J connectivity index is 1.88. The van der Waals surface area contributed by atoms with E-state index < -0.39 is 0 Å². The first-order chi connectivity index (χ1) is 10.3. The van der Waals surface area contributed by atoms with Gasteiger partial charge in [0.25, 0.3) is 5.56 Å². The summed E-state index contributed by atoms with van der Waals surface area (Å²) < 4.78 is 1.75. The third kappa shape index (κ3) is 1.99. The van der Waals surface area contributed by atoms with Crippen LogP contribution in [0.4, 0.5) is 5.82 Å². The smallest absolute Gasteiger partial charge is 0.257 e. The van der Waals surface area contributed by atoms with Gasteiger partial charge in [0, 0.05) is 19.3 Å². The first kappa shape index (κ1) is 12.1. The van der Waals surface area contributed by atoms with Gasteiger partial charge in [-0.1, -0.05) is 0 Å². The molecule has 0 unspecified atom stereocenters. The van der Waals surface area contributed by atoms with Gasteiger partial charge in [0.1, 0.15) is 5.82 Å². The van der Waals surface area contributed by atoms with Crippen LogP contribution in [0.3, 0.4) is 0 Å². The van der Waals surface area contributed by atoms with Crippen molar-refractivity contribution in [2.45, 2.75) is 12.8 Å². The van der Waals surface area contributed by atoms with E-state index in [0.29, 0.717) is 11.3 Å². The van der Waals surface area contributed by atoms with Gasteiger partial charge in [0.2, 0.25) is 0 Å². The lowest BCUT2D eigenvalue weighted by Gasteiger charge is -2.16. The molecule has 4 rings (SSSR count). The van der Waals surface area contributed by atoms with Crippen molar-refractivity contribution >= 4 is 11.5 Å². The average molecular weight is 281 g/mol. The lowest BCUT2D eigenvalue weighted by molar-refractivity contribution is 0.862. The Kier molecular flexibility index (Phi) is 2.73. The zero-order valence-corrected chi connectivity index (χ0v) is 11.5. The molecule has 3 aromatic heterocycles. The summed E-state index contributed by atoms with van der Waals surface area (Å²) in [5.74, 6) is 0.937. The van der Waals surface area contributed by atoms with Gasteiger partial charge in [0.15, 0.2) is 5.65 Å². The van der Waals surface area contributed by atoms with Crippen LogP contribution in [0, 0.1) is 0 Å². The molecule has 0 amide bonds. The minimum atomic E-state index is -0.132. The molecule has 6 nitrogen and oxygen atoms in total. The minimum absolute atomic E-state index is 0.132. The van der Waals surface area contributed by atoms with Crippen molar-refractivity contribution in [2.75, 3.05) is 18.0 Å². The molecule has 6 heteroatoms. The van der Waals surface area contributed by atoms with Crippen LogP contribution >= 0.6 is 0 Å². The number of nitrogens with zero attached hydrogens (tertiary/aromatic N) is 4. The second kappa shape index (κ2) is 4.73. The van der Waals surface area contributed by atoms with Crippen molar-refractivity contribution in [1.29, 1.82) is 0 Å². The van der Waals surface area contributed by atoms with Gasteiger partial charge in [-0.25, -0.2) is 9.50 Å². The summed E-state index contributed by atoms with van der Waals surface area (Å²) in [6.07, 6.45) is 5.72. The number of nitrogens with one attached hydrogen (secondary N) is 1. The van der Waals surface area contributed by atoms with E-state index in [0.717, 1.165) is 24.6 Å². The van der Waals surface area contributed by atoms with Crippen molar-refractivity contribution in [2.24, 2.45) is 0 Å². The highest BCUT2D eigenvalue weighted by molar-refractivity contribution is 5.62. The van der Waals surface area contributed by atoms with E-state index in [-0.39, 0.29) is 5.56 Å². The summed E-state index contributed by atoms with van der Waals surface area (Å²) >= 11 is 0. The van der Waals surface area contributed by atoms with Gasteiger partial charge < -0.3 is 9.88 Å². The quantitative estimate of drug-likeness (QED) is 0.776. The summed E-state index contributed by atoms with van der Waals surface area (Å²) in [4.78, 5) is 21.3. The van der Waals surface area contributed by atoms with E-state index in [1.165, 1.54) is 12.8 Å². The number of hydrogen-bond acceptors (Lipinski definition) is 4. The molecule has 0 spiro atoms. The van der Waals surface area contributed by atoms with E-state index in [4.69, 9.17) is 0 Å². The minimum Gasteiger partial charge on any atom is -0.355 e. The van der Waals surface area contributed by atoms with Gasteiger partial charge in [-0.15, -0.1) is 5.10 Å². The van der Waals surface area contributed by atoms with Crippen molar-refractivity contribution in [3.8, 4) is 11.3 Å². The Labute approximate surface area is 121 Å². The maximum absolute atomic E-state index is 12.0. The number of aromatic nitrogens is 4. The molecule has 4 heterocycles. The number of anilines is 1. The summed E-state index contributed by atoms with van der Waals surface area (Å²) in [6, 6.07) is 7.53. The monoisotopic (exact) mass is 281 g/mol. The molecular weight excluding hydrogens is 266 g/mol. The van der Waals surface area contributed by atoms with Crippen LogP contribution in [-0.2, 0) is 0 Å². The third-order valence-electron chi connectivity index (χ3n) is 3.87. The van der Waals surface area contributed by atoms with Gasteiger partial charge in [-0.3, -0.25) is 4.79 Å². The molecule has 0 saturated carbocycles. The Morgan fingerprint density at radius 2 is 2.00 bits per heavy atom. The normalized spacial score (nSPS) is 15.0. The SMILES string of the molecule is O=c1[nH]cccc1-c1cnc2ccc(N3CCCC3)nn12. The predicted molar refractivity (Wildman–Crippen MR) is 80.5 cm³/mol. The molecule has 1 saturated heterocycles. The molecule has 106 valence electrons. The van der Waals surface area contributed by atoms with Gasteiger partial charge >= 0.3 is 0 Å².